The maximum Gasteiger partial charge on any atom is 0.407 e. The van der Waals surface area contributed by atoms with E-state index in [-0.39, 0.29) is 36.6 Å². The molecule has 2 saturated heterocycles. The Balaban J connectivity index is 1.50. The molecule has 3 atom stereocenters. The van der Waals surface area contributed by atoms with Crippen molar-refractivity contribution in [2.75, 3.05) is 45.6 Å². The number of hydrogen-bond donors (Lipinski definition) is 3. The smallest absolute Gasteiger partial charge is 0.407 e. The molecule has 2 aliphatic heterocycles. The largest absolute Gasteiger partial charge is 0.465 e. The number of aliphatic hydroxyl groups excluding tert-OH is 1. The van der Waals surface area contributed by atoms with Gasteiger partial charge in [-0.25, -0.2) is 19.7 Å². The van der Waals surface area contributed by atoms with Crippen molar-refractivity contribution in [2.24, 2.45) is 5.92 Å². The van der Waals surface area contributed by atoms with Gasteiger partial charge in [-0.15, -0.1) is 0 Å². The number of likely N-dealkylation sites (N-methyl/N-ethyl adjacent to an activating group) is 1. The summed E-state index contributed by atoms with van der Waals surface area (Å²) in [5.74, 6) is 0.891. The second-order valence-electron chi connectivity index (χ2n) is 10.5. The molecule has 0 bridgehead atoms. The molecule has 37 heavy (non-hydrogen) atoms. The van der Waals surface area contributed by atoms with E-state index in [9.17, 15) is 19.8 Å². The van der Waals surface area contributed by atoms with Crippen molar-refractivity contribution in [3.8, 4) is 0 Å². The van der Waals surface area contributed by atoms with Gasteiger partial charge in [0.2, 0.25) is 5.91 Å². The van der Waals surface area contributed by atoms with Crippen molar-refractivity contribution >= 4 is 29.0 Å². The summed E-state index contributed by atoms with van der Waals surface area (Å²) in [7, 11) is 3.89. The van der Waals surface area contributed by atoms with Crippen LogP contribution in [0.4, 0.5) is 10.6 Å². The third-order valence-corrected chi connectivity index (χ3v) is 7.21. The molecular formula is C25H38N8O4. The fourth-order valence-electron chi connectivity index (χ4n) is 5.29. The number of piperidine rings is 1. The van der Waals surface area contributed by atoms with Crippen molar-refractivity contribution in [3.05, 3.63) is 24.3 Å². The zero-order valence-electron chi connectivity index (χ0n) is 22.0. The van der Waals surface area contributed by atoms with E-state index in [0.717, 1.165) is 6.42 Å². The summed E-state index contributed by atoms with van der Waals surface area (Å²) in [6, 6.07) is -0.0948. The lowest BCUT2D eigenvalue weighted by molar-refractivity contribution is -0.125. The third kappa shape index (κ3) is 6.02. The van der Waals surface area contributed by atoms with Crippen LogP contribution in [-0.2, 0) is 11.4 Å². The Morgan fingerprint density at radius 2 is 2.03 bits per heavy atom. The van der Waals surface area contributed by atoms with Crippen molar-refractivity contribution in [1.82, 2.24) is 34.2 Å². The number of rotatable bonds is 8. The monoisotopic (exact) mass is 514 g/mol. The highest BCUT2D eigenvalue weighted by atomic mass is 16.4. The topological polar surface area (TPSA) is 140 Å². The lowest BCUT2D eigenvalue weighted by Crippen LogP contribution is -2.52. The van der Waals surface area contributed by atoms with Crippen LogP contribution in [0.25, 0.3) is 11.2 Å². The summed E-state index contributed by atoms with van der Waals surface area (Å²) in [5, 5.41) is 23.1. The standard InChI is InChI=1S/C25H38N8O4/c1-16(2)33-15-26-22-23(28-20(14-34)29-24(22)33)27-18-8-11-32(25(36)37)19(12-18)17-7-10-31(13-17)21(35)6-5-9-30(3)4/h5-6,15-19,34H,7-14H2,1-4H3,(H,36,37)(H,27,28,29)/b6-5+. The molecule has 2 amide bonds. The Kier molecular flexibility index (Phi) is 8.28. The number of nitrogens with zero attached hydrogens (tertiary/aromatic N) is 7. The second-order valence-corrected chi connectivity index (χ2v) is 10.5. The minimum absolute atomic E-state index is 0.0285. The maximum absolute atomic E-state index is 12.6. The summed E-state index contributed by atoms with van der Waals surface area (Å²) >= 11 is 0. The van der Waals surface area contributed by atoms with E-state index in [2.05, 4.69) is 20.3 Å². The number of carbonyl (C=O) groups excluding carboxylic acids is 1. The molecule has 202 valence electrons. The van der Waals surface area contributed by atoms with Gasteiger partial charge < -0.3 is 34.8 Å². The number of hydrogen-bond acceptors (Lipinski definition) is 8. The van der Waals surface area contributed by atoms with Crippen molar-refractivity contribution in [1.29, 1.82) is 0 Å². The Hall–Kier alpha value is -3.25. The summed E-state index contributed by atoms with van der Waals surface area (Å²) < 4.78 is 1.94. The fourth-order valence-corrected chi connectivity index (χ4v) is 5.29. The summed E-state index contributed by atoms with van der Waals surface area (Å²) in [6.45, 7) is 6.03. The van der Waals surface area contributed by atoms with Crippen LogP contribution in [0.3, 0.4) is 0 Å². The molecule has 12 nitrogen and oxygen atoms in total. The van der Waals surface area contributed by atoms with Gasteiger partial charge in [-0.2, -0.15) is 0 Å². The first-order valence-corrected chi connectivity index (χ1v) is 12.9. The average Bonchev–Trinajstić information content (AvgIpc) is 3.51. The van der Waals surface area contributed by atoms with E-state index in [0.29, 0.717) is 61.8 Å². The molecule has 0 aromatic carbocycles. The fraction of sp³-hybridized carbons (Fsp3) is 0.640. The molecule has 2 aromatic heterocycles. The number of carboxylic acid groups (broad SMARTS) is 1. The van der Waals surface area contributed by atoms with E-state index in [1.165, 1.54) is 4.90 Å². The van der Waals surface area contributed by atoms with Crippen LogP contribution in [0.5, 0.6) is 0 Å². The molecule has 2 aliphatic rings. The number of aromatic nitrogens is 4. The molecule has 2 aromatic rings. The normalized spacial score (nSPS) is 22.6. The number of anilines is 1. The Morgan fingerprint density at radius 1 is 1.24 bits per heavy atom. The lowest BCUT2D eigenvalue weighted by atomic mass is 9.87. The van der Waals surface area contributed by atoms with Crippen molar-refractivity contribution in [2.45, 2.75) is 57.8 Å². The quantitative estimate of drug-likeness (QED) is 0.450. The highest BCUT2D eigenvalue weighted by Gasteiger charge is 2.40. The third-order valence-electron chi connectivity index (χ3n) is 7.21. The number of aliphatic hydroxyl groups is 1. The van der Waals surface area contributed by atoms with Crippen molar-refractivity contribution < 1.29 is 19.8 Å². The van der Waals surface area contributed by atoms with E-state index in [1.807, 2.05) is 48.4 Å². The summed E-state index contributed by atoms with van der Waals surface area (Å²) in [6.07, 6.45) is 6.24. The van der Waals surface area contributed by atoms with Gasteiger partial charge >= 0.3 is 6.09 Å². The van der Waals surface area contributed by atoms with E-state index in [1.54, 1.807) is 12.4 Å². The lowest BCUT2D eigenvalue weighted by Gasteiger charge is -2.41. The zero-order valence-corrected chi connectivity index (χ0v) is 22.0. The molecule has 4 heterocycles. The van der Waals surface area contributed by atoms with E-state index >= 15 is 0 Å². The van der Waals surface area contributed by atoms with Gasteiger partial charge in [0.25, 0.3) is 0 Å². The van der Waals surface area contributed by atoms with Crippen molar-refractivity contribution in [3.63, 3.8) is 0 Å². The van der Waals surface area contributed by atoms with Crippen LogP contribution in [0.2, 0.25) is 0 Å². The number of nitrogens with one attached hydrogen (secondary N) is 1. The van der Waals surface area contributed by atoms with Crippen LogP contribution >= 0.6 is 0 Å². The first-order chi connectivity index (χ1) is 17.7. The first kappa shape index (κ1) is 26.8. The molecule has 3 N–H and O–H groups in total. The number of amides is 2. The number of imidazole rings is 1. The molecule has 0 aliphatic carbocycles. The Bertz CT molecular complexity index is 1150. The van der Waals surface area contributed by atoms with Gasteiger partial charge in [0, 0.05) is 50.4 Å². The van der Waals surface area contributed by atoms with Gasteiger partial charge in [-0.05, 0) is 53.1 Å². The number of carbonyl (C=O) groups is 2. The zero-order chi connectivity index (χ0) is 26.7. The van der Waals surface area contributed by atoms with Gasteiger partial charge in [0.1, 0.15) is 12.1 Å². The molecule has 4 rings (SSSR count). The summed E-state index contributed by atoms with van der Waals surface area (Å²) in [4.78, 5) is 43.5. The van der Waals surface area contributed by atoms with E-state index < -0.39 is 6.09 Å². The highest BCUT2D eigenvalue weighted by molar-refractivity contribution is 5.87. The van der Waals surface area contributed by atoms with Crippen LogP contribution in [0, 0.1) is 5.92 Å². The molecule has 12 heteroatoms. The highest BCUT2D eigenvalue weighted by Crippen LogP contribution is 2.32. The van der Waals surface area contributed by atoms with Crippen LogP contribution in [0.1, 0.15) is 45.0 Å². The Morgan fingerprint density at radius 3 is 2.70 bits per heavy atom. The van der Waals surface area contributed by atoms with Gasteiger partial charge in [-0.3, -0.25) is 4.79 Å². The predicted octanol–water partition coefficient (Wildman–Crippen LogP) is 1.79. The molecular weight excluding hydrogens is 476 g/mol. The molecule has 2 fully saturated rings. The molecule has 0 radical (unpaired) electrons. The van der Waals surface area contributed by atoms with Gasteiger partial charge in [-0.1, -0.05) is 6.08 Å². The SMILES string of the molecule is CC(C)n1cnc2c(NC3CCN(C(=O)O)C(C4CCN(C(=O)/C=C/CN(C)C)C4)C3)nc(CO)nc21. The van der Waals surface area contributed by atoms with Crippen LogP contribution < -0.4 is 5.32 Å². The minimum Gasteiger partial charge on any atom is -0.465 e. The molecule has 3 unspecified atom stereocenters. The number of likely N-dealkylation sites (tertiary alicyclic amines) is 2. The molecule has 0 saturated carbocycles. The van der Waals surface area contributed by atoms with E-state index in [4.69, 9.17) is 0 Å². The molecule has 0 spiro atoms. The maximum atomic E-state index is 12.6. The minimum atomic E-state index is -0.929. The number of fused-ring (bicyclic) bond motifs is 1. The average molecular weight is 515 g/mol. The first-order valence-electron chi connectivity index (χ1n) is 12.9. The van der Waals surface area contributed by atoms with Crippen LogP contribution in [0.15, 0.2) is 18.5 Å². The second kappa shape index (κ2) is 11.4. The van der Waals surface area contributed by atoms with Crippen LogP contribution in [-0.4, -0.2) is 109 Å². The van der Waals surface area contributed by atoms with Gasteiger partial charge in [0.15, 0.2) is 17.3 Å². The Labute approximate surface area is 217 Å². The summed E-state index contributed by atoms with van der Waals surface area (Å²) in [5.41, 5.74) is 1.29. The predicted molar refractivity (Wildman–Crippen MR) is 139 cm³/mol. The van der Waals surface area contributed by atoms with Gasteiger partial charge in [0.05, 0.1) is 6.33 Å².